The van der Waals surface area contributed by atoms with E-state index >= 15 is 0 Å². The van der Waals surface area contributed by atoms with E-state index in [4.69, 9.17) is 16.3 Å². The Bertz CT molecular complexity index is 1320. The van der Waals surface area contributed by atoms with Gasteiger partial charge < -0.3 is 9.84 Å². The molecule has 0 saturated heterocycles. The Morgan fingerprint density at radius 1 is 1.06 bits per heavy atom. The Morgan fingerprint density at radius 3 is 2.38 bits per heavy atom. The van der Waals surface area contributed by atoms with E-state index in [9.17, 15) is 14.7 Å². The third kappa shape index (κ3) is 4.63. The van der Waals surface area contributed by atoms with Crippen molar-refractivity contribution >= 4 is 28.5 Å². The highest BCUT2D eigenvalue weighted by Gasteiger charge is 2.20. The fourth-order valence-electron chi connectivity index (χ4n) is 3.44. The molecule has 8 heteroatoms. The minimum atomic E-state index is -1.14. The van der Waals surface area contributed by atoms with Crippen molar-refractivity contribution in [1.29, 1.82) is 0 Å². The van der Waals surface area contributed by atoms with Crippen LogP contribution in [0.4, 0.5) is 0 Å². The van der Waals surface area contributed by atoms with Crippen molar-refractivity contribution in [1.82, 2.24) is 15.0 Å². The largest absolute Gasteiger partial charge is 0.479 e. The molecule has 0 amide bonds. The molecule has 32 heavy (non-hydrogen) atoms. The van der Waals surface area contributed by atoms with E-state index in [-0.39, 0.29) is 18.5 Å². The lowest BCUT2D eigenvalue weighted by atomic mass is 10.1. The van der Waals surface area contributed by atoms with Gasteiger partial charge in [0.25, 0.3) is 5.56 Å². The fraction of sp³-hybridized carbons (Fsp3) is 0.167. The van der Waals surface area contributed by atoms with Gasteiger partial charge in [-0.1, -0.05) is 53.2 Å². The van der Waals surface area contributed by atoms with E-state index in [2.05, 4.69) is 10.3 Å². The van der Waals surface area contributed by atoms with Gasteiger partial charge in [-0.2, -0.15) is 0 Å². The van der Waals surface area contributed by atoms with Gasteiger partial charge in [0.2, 0.25) is 0 Å². The van der Waals surface area contributed by atoms with Crippen LogP contribution in [0, 0.1) is 6.92 Å². The molecule has 0 fully saturated rings. The Balaban J connectivity index is 1.48. The van der Waals surface area contributed by atoms with Crippen molar-refractivity contribution < 1.29 is 14.6 Å². The van der Waals surface area contributed by atoms with E-state index in [0.29, 0.717) is 21.7 Å². The third-order valence-electron chi connectivity index (χ3n) is 5.15. The van der Waals surface area contributed by atoms with Gasteiger partial charge in [0.15, 0.2) is 6.10 Å². The predicted octanol–water partition coefficient (Wildman–Crippen LogP) is 4.34. The molecule has 4 aromatic rings. The molecular weight excluding hydrogens is 430 g/mol. The smallest absolute Gasteiger partial charge is 0.344 e. The number of benzene rings is 3. The Hall–Kier alpha value is -3.71. The molecule has 0 bridgehead atoms. The minimum absolute atomic E-state index is 0.0558. The number of hydrogen-bond donors (Lipinski definition) is 1. The molecular formula is C24H20ClN3O4. The number of carboxylic acids is 1. The minimum Gasteiger partial charge on any atom is -0.479 e. The van der Waals surface area contributed by atoms with E-state index in [1.165, 1.54) is 4.68 Å². The van der Waals surface area contributed by atoms with E-state index < -0.39 is 12.1 Å². The van der Waals surface area contributed by atoms with E-state index in [1.807, 2.05) is 43.3 Å². The Labute approximate surface area is 188 Å². The van der Waals surface area contributed by atoms with Crippen LogP contribution < -0.4 is 10.3 Å². The zero-order valence-corrected chi connectivity index (χ0v) is 18.0. The molecule has 162 valence electrons. The summed E-state index contributed by atoms with van der Waals surface area (Å²) >= 11 is 5.93. The number of nitrogens with zero attached hydrogens (tertiary/aromatic N) is 3. The molecule has 7 nitrogen and oxygen atoms in total. The van der Waals surface area contributed by atoms with Crippen LogP contribution in [0.25, 0.3) is 22.0 Å². The van der Waals surface area contributed by atoms with Crippen molar-refractivity contribution in [2.45, 2.75) is 26.0 Å². The number of carboxylic acid groups (broad SMARTS) is 1. The highest BCUT2D eigenvalue weighted by atomic mass is 35.5. The molecule has 0 saturated carbocycles. The Kier molecular flexibility index (Phi) is 6.18. The maximum absolute atomic E-state index is 12.7. The van der Waals surface area contributed by atoms with Crippen LogP contribution in [0.3, 0.4) is 0 Å². The standard InChI is InChI=1S/C24H20ClN3O4/c1-15-3-2-4-20-22(15)23(29)28(27-26-20)14-13-21(24(30)31)32-19-11-7-17(8-12-19)16-5-9-18(25)10-6-16/h2-12,21H,13-14H2,1H3,(H,30,31). The predicted molar refractivity (Wildman–Crippen MR) is 122 cm³/mol. The molecule has 1 N–H and O–H groups in total. The van der Waals surface area contributed by atoms with Crippen LogP contribution in [-0.2, 0) is 11.3 Å². The van der Waals surface area contributed by atoms with Crippen LogP contribution in [0.2, 0.25) is 5.02 Å². The summed E-state index contributed by atoms with van der Waals surface area (Å²) in [6.45, 7) is 1.89. The average Bonchev–Trinajstić information content (AvgIpc) is 2.78. The number of rotatable bonds is 7. The molecule has 0 radical (unpaired) electrons. The summed E-state index contributed by atoms with van der Waals surface area (Å²) in [5.41, 5.74) is 2.94. The van der Waals surface area contributed by atoms with Crippen molar-refractivity contribution in [2.24, 2.45) is 0 Å². The molecule has 0 aliphatic heterocycles. The van der Waals surface area contributed by atoms with Crippen molar-refractivity contribution in [2.75, 3.05) is 0 Å². The van der Waals surface area contributed by atoms with Crippen LogP contribution in [0.15, 0.2) is 71.5 Å². The fourth-order valence-corrected chi connectivity index (χ4v) is 3.56. The lowest BCUT2D eigenvalue weighted by molar-refractivity contribution is -0.145. The highest BCUT2D eigenvalue weighted by Crippen LogP contribution is 2.24. The number of aromatic nitrogens is 3. The molecule has 1 aromatic heterocycles. The first-order chi connectivity index (χ1) is 15.4. The molecule has 0 aliphatic rings. The summed E-state index contributed by atoms with van der Waals surface area (Å²) in [7, 11) is 0. The molecule has 3 aromatic carbocycles. The summed E-state index contributed by atoms with van der Waals surface area (Å²) in [4.78, 5) is 24.5. The number of aliphatic carboxylic acids is 1. The van der Waals surface area contributed by atoms with Gasteiger partial charge >= 0.3 is 5.97 Å². The normalized spacial score (nSPS) is 11.9. The zero-order valence-electron chi connectivity index (χ0n) is 17.2. The summed E-state index contributed by atoms with van der Waals surface area (Å²) in [5, 5.41) is 18.7. The first-order valence-corrected chi connectivity index (χ1v) is 10.4. The monoisotopic (exact) mass is 449 g/mol. The van der Waals surface area contributed by atoms with Gasteiger partial charge in [0.1, 0.15) is 11.3 Å². The number of fused-ring (bicyclic) bond motifs is 1. The number of ether oxygens (including phenoxy) is 1. The van der Waals surface area contributed by atoms with Gasteiger partial charge in [0, 0.05) is 11.4 Å². The second kappa shape index (κ2) is 9.20. The topological polar surface area (TPSA) is 94.3 Å². The van der Waals surface area contributed by atoms with E-state index in [1.54, 1.807) is 30.3 Å². The molecule has 1 unspecified atom stereocenters. The lowest BCUT2D eigenvalue weighted by Crippen LogP contribution is -2.32. The molecule has 1 atom stereocenters. The zero-order chi connectivity index (χ0) is 22.7. The molecule has 4 rings (SSSR count). The van der Waals surface area contributed by atoms with Gasteiger partial charge in [0.05, 0.1) is 11.9 Å². The van der Waals surface area contributed by atoms with Crippen LogP contribution >= 0.6 is 11.6 Å². The van der Waals surface area contributed by atoms with Crippen molar-refractivity contribution in [3.05, 3.63) is 87.7 Å². The van der Waals surface area contributed by atoms with Crippen LogP contribution in [0.5, 0.6) is 5.75 Å². The molecule has 1 heterocycles. The average molecular weight is 450 g/mol. The number of hydrogen-bond acceptors (Lipinski definition) is 5. The first-order valence-electron chi connectivity index (χ1n) is 10.0. The summed E-state index contributed by atoms with van der Waals surface area (Å²) in [6.07, 6.45) is -1.09. The highest BCUT2D eigenvalue weighted by molar-refractivity contribution is 6.30. The summed E-state index contributed by atoms with van der Waals surface area (Å²) in [6, 6.07) is 19.9. The maximum Gasteiger partial charge on any atom is 0.344 e. The molecule has 0 aliphatic carbocycles. The Morgan fingerprint density at radius 2 is 1.72 bits per heavy atom. The van der Waals surface area contributed by atoms with E-state index in [0.717, 1.165) is 16.7 Å². The van der Waals surface area contributed by atoms with Gasteiger partial charge in [-0.05, 0) is 53.9 Å². The summed E-state index contributed by atoms with van der Waals surface area (Å²) in [5.74, 6) is -0.701. The van der Waals surface area contributed by atoms with Gasteiger partial charge in [-0.15, -0.1) is 5.10 Å². The van der Waals surface area contributed by atoms with Gasteiger partial charge in [-0.3, -0.25) is 4.79 Å². The SMILES string of the molecule is Cc1cccc2nnn(CCC(Oc3ccc(-c4ccc(Cl)cc4)cc3)C(=O)O)c(=O)c12. The number of carbonyl (C=O) groups is 1. The number of aryl methyl sites for hydroxylation is 2. The van der Waals surface area contributed by atoms with Crippen LogP contribution in [0.1, 0.15) is 12.0 Å². The number of halogens is 1. The van der Waals surface area contributed by atoms with Gasteiger partial charge in [-0.25, -0.2) is 9.48 Å². The summed E-state index contributed by atoms with van der Waals surface area (Å²) < 4.78 is 6.85. The quantitative estimate of drug-likeness (QED) is 0.451. The third-order valence-corrected chi connectivity index (χ3v) is 5.40. The van der Waals surface area contributed by atoms with Crippen LogP contribution in [-0.4, -0.2) is 32.2 Å². The lowest BCUT2D eigenvalue weighted by Gasteiger charge is -2.16. The second-order valence-corrected chi connectivity index (χ2v) is 7.79. The second-order valence-electron chi connectivity index (χ2n) is 7.35. The van der Waals surface area contributed by atoms with Crippen molar-refractivity contribution in [3.63, 3.8) is 0 Å². The molecule has 0 spiro atoms. The maximum atomic E-state index is 12.7. The van der Waals surface area contributed by atoms with Crippen molar-refractivity contribution in [3.8, 4) is 16.9 Å². The first kappa shape index (κ1) is 21.5.